The van der Waals surface area contributed by atoms with Crippen LogP contribution in [0, 0.1) is 0 Å². The first-order chi connectivity index (χ1) is 16.9. The molecule has 1 aliphatic carbocycles. The molecule has 1 unspecified atom stereocenters. The fraction of sp³-hybridized carbons (Fsp3) is 0.464. The van der Waals surface area contributed by atoms with Crippen LogP contribution >= 0.6 is 0 Å². The Kier molecular flexibility index (Phi) is 6.26. The molecule has 7 heteroatoms. The lowest BCUT2D eigenvalue weighted by atomic mass is 9.88. The summed E-state index contributed by atoms with van der Waals surface area (Å²) in [7, 11) is 0. The molecule has 2 N–H and O–H groups in total. The number of carboxylic acid groups (broad SMARTS) is 1. The number of benzene rings is 2. The zero-order valence-electron chi connectivity index (χ0n) is 20.0. The third kappa shape index (κ3) is 4.17. The molecule has 0 spiro atoms. The highest BCUT2D eigenvalue weighted by atomic mass is 16.5. The van der Waals surface area contributed by atoms with Crippen LogP contribution in [0.25, 0.3) is 11.1 Å². The molecule has 7 nitrogen and oxygen atoms in total. The van der Waals surface area contributed by atoms with Gasteiger partial charge in [-0.3, -0.25) is 4.79 Å². The summed E-state index contributed by atoms with van der Waals surface area (Å²) in [4.78, 5) is 38.8. The summed E-state index contributed by atoms with van der Waals surface area (Å²) in [5, 5.41) is 12.6. The van der Waals surface area contributed by atoms with Crippen molar-refractivity contribution in [1.29, 1.82) is 0 Å². The third-order valence-corrected chi connectivity index (χ3v) is 8.01. The Bertz CT molecular complexity index is 1090. The maximum absolute atomic E-state index is 12.8. The fourth-order valence-corrected chi connectivity index (χ4v) is 6.28. The van der Waals surface area contributed by atoms with E-state index in [0.717, 1.165) is 12.8 Å². The van der Waals surface area contributed by atoms with Crippen LogP contribution in [0.3, 0.4) is 0 Å². The van der Waals surface area contributed by atoms with E-state index in [1.165, 1.54) is 22.3 Å². The normalized spacial score (nSPS) is 23.0. The van der Waals surface area contributed by atoms with Gasteiger partial charge in [0.05, 0.1) is 0 Å². The lowest BCUT2D eigenvalue weighted by Crippen LogP contribution is -2.50. The molecule has 5 rings (SSSR count). The molecule has 2 aliphatic heterocycles. The van der Waals surface area contributed by atoms with Gasteiger partial charge in [-0.1, -0.05) is 48.5 Å². The van der Waals surface area contributed by atoms with E-state index in [1.807, 2.05) is 31.2 Å². The van der Waals surface area contributed by atoms with Crippen LogP contribution in [0.2, 0.25) is 0 Å². The summed E-state index contributed by atoms with van der Waals surface area (Å²) in [6.45, 7) is 2.16. The van der Waals surface area contributed by atoms with Gasteiger partial charge in [-0.15, -0.1) is 0 Å². The highest BCUT2D eigenvalue weighted by molar-refractivity contribution is 5.89. The highest BCUT2D eigenvalue weighted by Crippen LogP contribution is 2.47. The van der Waals surface area contributed by atoms with Gasteiger partial charge in [0.25, 0.3) is 0 Å². The van der Waals surface area contributed by atoms with Crippen LogP contribution in [0.5, 0.6) is 0 Å². The molecule has 0 radical (unpaired) electrons. The van der Waals surface area contributed by atoms with Crippen LogP contribution in [-0.2, 0) is 14.3 Å². The van der Waals surface area contributed by atoms with Crippen LogP contribution in [0.15, 0.2) is 48.5 Å². The first-order valence-electron chi connectivity index (χ1n) is 12.6. The fourth-order valence-electron chi connectivity index (χ4n) is 6.28. The first-order valence-corrected chi connectivity index (χ1v) is 12.6. The van der Waals surface area contributed by atoms with Crippen molar-refractivity contribution in [3.63, 3.8) is 0 Å². The molecule has 0 aromatic heterocycles. The number of alkyl carbamates (subject to hydrolysis) is 1. The Morgan fingerprint density at radius 1 is 1.06 bits per heavy atom. The number of ether oxygens (including phenoxy) is 1. The summed E-state index contributed by atoms with van der Waals surface area (Å²) in [6.07, 6.45) is 3.69. The number of rotatable bonds is 8. The van der Waals surface area contributed by atoms with Gasteiger partial charge < -0.3 is 20.1 Å². The smallest absolute Gasteiger partial charge is 0.407 e. The molecule has 2 amide bonds. The second-order valence-corrected chi connectivity index (χ2v) is 10.1. The molecule has 2 aromatic carbocycles. The maximum atomic E-state index is 12.8. The van der Waals surface area contributed by atoms with Crippen molar-refractivity contribution in [1.82, 2.24) is 10.2 Å². The average Bonchev–Trinajstić information content (AvgIpc) is 3.52. The van der Waals surface area contributed by atoms with Gasteiger partial charge >= 0.3 is 12.1 Å². The minimum Gasteiger partial charge on any atom is -0.479 e. The van der Waals surface area contributed by atoms with Crippen molar-refractivity contribution < 1.29 is 24.2 Å². The van der Waals surface area contributed by atoms with E-state index in [9.17, 15) is 19.5 Å². The van der Waals surface area contributed by atoms with E-state index in [1.54, 1.807) is 4.90 Å². The molecule has 0 saturated carbocycles. The maximum Gasteiger partial charge on any atom is 0.407 e. The van der Waals surface area contributed by atoms with Gasteiger partial charge in [0.2, 0.25) is 5.91 Å². The summed E-state index contributed by atoms with van der Waals surface area (Å²) in [5.41, 5.74) is 3.72. The number of carbonyl (C=O) groups is 3. The number of hydrogen-bond acceptors (Lipinski definition) is 4. The predicted octanol–water partition coefficient (Wildman–Crippen LogP) is 4.69. The predicted molar refractivity (Wildman–Crippen MR) is 131 cm³/mol. The molecule has 2 saturated heterocycles. The van der Waals surface area contributed by atoms with Crippen LogP contribution in [0.1, 0.15) is 68.9 Å². The number of fused-ring (bicyclic) bond motifs is 5. The van der Waals surface area contributed by atoms with E-state index in [2.05, 4.69) is 29.6 Å². The molecule has 2 fully saturated rings. The van der Waals surface area contributed by atoms with Gasteiger partial charge in [0.15, 0.2) is 0 Å². The minimum absolute atomic E-state index is 0.0125. The van der Waals surface area contributed by atoms with Gasteiger partial charge in [-0.2, -0.15) is 0 Å². The van der Waals surface area contributed by atoms with E-state index in [4.69, 9.17) is 4.74 Å². The Hall–Kier alpha value is -3.35. The number of aliphatic carboxylic acids is 1. The number of carboxylic acids is 1. The summed E-state index contributed by atoms with van der Waals surface area (Å²) >= 11 is 0. The zero-order chi connectivity index (χ0) is 24.6. The minimum atomic E-state index is -0.993. The monoisotopic (exact) mass is 476 g/mol. The molecule has 2 heterocycles. The summed E-state index contributed by atoms with van der Waals surface area (Å²) in [5.74, 6) is -0.949. The number of carbonyl (C=O) groups excluding carboxylic acids is 2. The van der Waals surface area contributed by atoms with E-state index in [0.29, 0.717) is 32.1 Å². The van der Waals surface area contributed by atoms with Crippen molar-refractivity contribution in [3.05, 3.63) is 59.7 Å². The molecular weight excluding hydrogens is 444 g/mol. The van der Waals surface area contributed by atoms with Crippen molar-refractivity contribution in [2.75, 3.05) is 6.61 Å². The zero-order valence-corrected chi connectivity index (χ0v) is 20.0. The lowest BCUT2D eigenvalue weighted by Gasteiger charge is -2.31. The molecule has 1 atom stereocenters. The Labute approximate surface area is 205 Å². The van der Waals surface area contributed by atoms with Crippen molar-refractivity contribution in [2.24, 2.45) is 0 Å². The molecule has 184 valence electrons. The highest BCUT2D eigenvalue weighted by Gasteiger charge is 2.58. The van der Waals surface area contributed by atoms with Crippen molar-refractivity contribution >= 4 is 18.0 Å². The second kappa shape index (κ2) is 9.36. The first kappa shape index (κ1) is 23.4. The third-order valence-electron chi connectivity index (χ3n) is 8.01. The van der Waals surface area contributed by atoms with E-state index >= 15 is 0 Å². The molecule has 2 bridgehead atoms. The standard InChI is InChI=1S/C28H32N2O5/c1-18(7-6-12-25(31)30-19-13-15-28(30,16-14-19)26(32)33)29-27(34)35-17-24-22-10-4-2-8-20(22)21-9-3-5-11-23(21)24/h2-5,8-11,18-19,24H,6-7,12-17H2,1H3,(H,29,34)(H,32,33). The second-order valence-electron chi connectivity index (χ2n) is 10.1. The molecular formula is C28H32N2O5. The molecule has 3 aliphatic rings. The lowest BCUT2D eigenvalue weighted by molar-refractivity contribution is -0.155. The summed E-state index contributed by atoms with van der Waals surface area (Å²) < 4.78 is 5.60. The largest absolute Gasteiger partial charge is 0.479 e. The Balaban J connectivity index is 1.09. The van der Waals surface area contributed by atoms with Gasteiger partial charge in [-0.25, -0.2) is 9.59 Å². The SMILES string of the molecule is CC(CCCC(=O)N1C2CCC1(C(=O)O)CC2)NC(=O)OCC1c2ccccc2-c2ccccc21. The number of nitrogens with zero attached hydrogens (tertiary/aromatic N) is 1. The topological polar surface area (TPSA) is 95.9 Å². The molecule has 35 heavy (non-hydrogen) atoms. The molecule has 2 aromatic rings. The van der Waals surface area contributed by atoms with Gasteiger partial charge in [0.1, 0.15) is 12.1 Å². The average molecular weight is 477 g/mol. The number of nitrogens with one attached hydrogen (secondary N) is 1. The van der Waals surface area contributed by atoms with Gasteiger partial charge in [0, 0.05) is 24.4 Å². The Morgan fingerprint density at radius 3 is 2.26 bits per heavy atom. The van der Waals surface area contributed by atoms with Crippen LogP contribution in [-0.4, -0.2) is 52.2 Å². The van der Waals surface area contributed by atoms with Gasteiger partial charge in [-0.05, 0) is 67.7 Å². The van der Waals surface area contributed by atoms with Crippen molar-refractivity contribution in [2.45, 2.75) is 75.4 Å². The Morgan fingerprint density at radius 2 is 1.66 bits per heavy atom. The number of amides is 2. The van der Waals surface area contributed by atoms with Crippen LogP contribution in [0.4, 0.5) is 4.79 Å². The quantitative estimate of drug-likeness (QED) is 0.576. The van der Waals surface area contributed by atoms with Crippen LogP contribution < -0.4 is 5.32 Å². The van der Waals surface area contributed by atoms with E-state index in [-0.39, 0.29) is 30.5 Å². The van der Waals surface area contributed by atoms with Crippen molar-refractivity contribution in [3.8, 4) is 11.1 Å². The summed E-state index contributed by atoms with van der Waals surface area (Å²) in [6, 6.07) is 16.3. The number of hydrogen-bond donors (Lipinski definition) is 2. The van der Waals surface area contributed by atoms with E-state index < -0.39 is 17.6 Å².